The molecule has 0 aromatic heterocycles. The summed E-state index contributed by atoms with van der Waals surface area (Å²) in [5.74, 6) is 0.217. The van der Waals surface area contributed by atoms with E-state index in [0.717, 1.165) is 51.6 Å². The van der Waals surface area contributed by atoms with Crippen LogP contribution in [0.1, 0.15) is 65.2 Å². The molecular formula is C20H37N3O2. The highest BCUT2D eigenvalue weighted by molar-refractivity contribution is 5.76. The van der Waals surface area contributed by atoms with E-state index in [-0.39, 0.29) is 11.8 Å². The van der Waals surface area contributed by atoms with Crippen LogP contribution in [0.25, 0.3) is 0 Å². The molecule has 0 saturated carbocycles. The van der Waals surface area contributed by atoms with Gasteiger partial charge in [0.1, 0.15) is 0 Å². The SMILES string of the molecule is CC/C=C/CCCC(=O)NCCNCCNC(=O)CCC/C=C/CC. The average molecular weight is 352 g/mol. The number of hydrogen-bond donors (Lipinski definition) is 3. The number of hydrogen-bond acceptors (Lipinski definition) is 3. The van der Waals surface area contributed by atoms with Crippen LogP contribution in [-0.4, -0.2) is 38.0 Å². The first-order valence-corrected chi connectivity index (χ1v) is 9.74. The van der Waals surface area contributed by atoms with Gasteiger partial charge in [-0.05, 0) is 38.5 Å². The molecule has 0 heterocycles. The van der Waals surface area contributed by atoms with Gasteiger partial charge in [-0.1, -0.05) is 38.2 Å². The number of rotatable bonds is 16. The predicted octanol–water partition coefficient (Wildman–Crippen LogP) is 3.08. The minimum atomic E-state index is 0.108. The smallest absolute Gasteiger partial charge is 0.220 e. The Labute approximate surface area is 153 Å². The van der Waals surface area contributed by atoms with Gasteiger partial charge in [0, 0.05) is 39.0 Å². The van der Waals surface area contributed by atoms with E-state index in [2.05, 4.69) is 54.1 Å². The quantitative estimate of drug-likeness (QED) is 0.296. The Morgan fingerprint density at radius 3 is 1.52 bits per heavy atom. The van der Waals surface area contributed by atoms with Gasteiger partial charge in [-0.25, -0.2) is 0 Å². The van der Waals surface area contributed by atoms with Gasteiger partial charge in [0.2, 0.25) is 11.8 Å². The van der Waals surface area contributed by atoms with Crippen LogP contribution in [-0.2, 0) is 9.59 Å². The van der Waals surface area contributed by atoms with E-state index in [9.17, 15) is 9.59 Å². The predicted molar refractivity (Wildman–Crippen MR) is 105 cm³/mol. The number of unbranched alkanes of at least 4 members (excludes halogenated alkanes) is 2. The van der Waals surface area contributed by atoms with E-state index >= 15 is 0 Å². The van der Waals surface area contributed by atoms with Crippen LogP contribution in [0.3, 0.4) is 0 Å². The lowest BCUT2D eigenvalue weighted by molar-refractivity contribution is -0.121. The second-order valence-electron chi connectivity index (χ2n) is 5.99. The molecule has 0 aromatic carbocycles. The molecule has 0 aliphatic heterocycles. The summed E-state index contributed by atoms with van der Waals surface area (Å²) in [4.78, 5) is 23.2. The van der Waals surface area contributed by atoms with E-state index in [1.807, 2.05) is 0 Å². The molecular weight excluding hydrogens is 314 g/mol. The maximum absolute atomic E-state index is 11.6. The molecule has 3 N–H and O–H groups in total. The topological polar surface area (TPSA) is 70.2 Å². The standard InChI is InChI=1S/C20H37N3O2/c1-3-5-7-9-11-13-19(24)22-17-15-21-16-18-23-20(25)14-12-10-8-6-4-2/h5-8,21H,3-4,9-18H2,1-2H3,(H,22,24)(H,23,25)/b7-5+,8-6+. The van der Waals surface area contributed by atoms with Crippen molar-refractivity contribution in [3.8, 4) is 0 Å². The molecule has 0 bridgehead atoms. The fraction of sp³-hybridized carbons (Fsp3) is 0.700. The van der Waals surface area contributed by atoms with Crippen LogP contribution < -0.4 is 16.0 Å². The van der Waals surface area contributed by atoms with Crippen molar-refractivity contribution in [2.75, 3.05) is 26.2 Å². The first-order valence-electron chi connectivity index (χ1n) is 9.74. The van der Waals surface area contributed by atoms with Crippen LogP contribution in [0, 0.1) is 0 Å². The molecule has 0 spiro atoms. The molecule has 0 radical (unpaired) electrons. The summed E-state index contributed by atoms with van der Waals surface area (Å²) in [6, 6.07) is 0. The summed E-state index contributed by atoms with van der Waals surface area (Å²) < 4.78 is 0. The summed E-state index contributed by atoms with van der Waals surface area (Å²) >= 11 is 0. The molecule has 0 rings (SSSR count). The second-order valence-corrected chi connectivity index (χ2v) is 5.99. The summed E-state index contributed by atoms with van der Waals surface area (Å²) in [5, 5.41) is 9.01. The highest BCUT2D eigenvalue weighted by Crippen LogP contribution is 1.98. The normalized spacial score (nSPS) is 11.3. The van der Waals surface area contributed by atoms with Crippen molar-refractivity contribution in [2.45, 2.75) is 65.2 Å². The largest absolute Gasteiger partial charge is 0.355 e. The first-order chi connectivity index (χ1) is 12.2. The summed E-state index contributed by atoms with van der Waals surface area (Å²) in [6.07, 6.45) is 15.5. The third-order valence-electron chi connectivity index (χ3n) is 3.60. The molecule has 0 fully saturated rings. The molecule has 0 unspecified atom stereocenters. The third kappa shape index (κ3) is 18.6. The molecule has 0 atom stereocenters. The lowest BCUT2D eigenvalue weighted by Gasteiger charge is -2.08. The molecule has 0 saturated heterocycles. The Bertz CT molecular complexity index is 356. The fourth-order valence-corrected chi connectivity index (χ4v) is 2.21. The van der Waals surface area contributed by atoms with Crippen molar-refractivity contribution in [3.63, 3.8) is 0 Å². The maximum Gasteiger partial charge on any atom is 0.220 e. The van der Waals surface area contributed by atoms with Gasteiger partial charge in [0.25, 0.3) is 0 Å². The minimum Gasteiger partial charge on any atom is -0.355 e. The fourth-order valence-electron chi connectivity index (χ4n) is 2.21. The maximum atomic E-state index is 11.6. The van der Waals surface area contributed by atoms with Crippen LogP contribution >= 0.6 is 0 Å². The average Bonchev–Trinajstić information content (AvgIpc) is 2.60. The molecule has 5 heteroatoms. The molecule has 0 aromatic rings. The highest BCUT2D eigenvalue weighted by Gasteiger charge is 2.00. The third-order valence-corrected chi connectivity index (χ3v) is 3.60. The minimum absolute atomic E-state index is 0.108. The zero-order valence-corrected chi connectivity index (χ0v) is 16.1. The van der Waals surface area contributed by atoms with Crippen LogP contribution in [0.5, 0.6) is 0 Å². The molecule has 2 amide bonds. The van der Waals surface area contributed by atoms with Crippen molar-refractivity contribution in [1.82, 2.24) is 16.0 Å². The Kier molecular flexibility index (Phi) is 17.5. The van der Waals surface area contributed by atoms with E-state index in [1.54, 1.807) is 0 Å². The number of amides is 2. The van der Waals surface area contributed by atoms with Gasteiger partial charge in [0.15, 0.2) is 0 Å². The van der Waals surface area contributed by atoms with Crippen molar-refractivity contribution < 1.29 is 9.59 Å². The molecule has 144 valence electrons. The van der Waals surface area contributed by atoms with Gasteiger partial charge >= 0.3 is 0 Å². The molecule has 0 aliphatic rings. The Morgan fingerprint density at radius 2 is 1.12 bits per heavy atom. The molecule has 5 nitrogen and oxygen atoms in total. The van der Waals surface area contributed by atoms with Crippen molar-refractivity contribution >= 4 is 11.8 Å². The number of carbonyl (C=O) groups excluding carboxylic acids is 2. The van der Waals surface area contributed by atoms with Gasteiger partial charge in [-0.3, -0.25) is 9.59 Å². The summed E-state index contributed by atoms with van der Waals surface area (Å²) in [6.45, 7) is 6.91. The van der Waals surface area contributed by atoms with E-state index < -0.39 is 0 Å². The number of allylic oxidation sites excluding steroid dienone is 4. The monoisotopic (exact) mass is 351 g/mol. The first kappa shape index (κ1) is 23.4. The zero-order valence-electron chi connectivity index (χ0n) is 16.1. The lowest BCUT2D eigenvalue weighted by atomic mass is 10.2. The number of carbonyl (C=O) groups is 2. The van der Waals surface area contributed by atoms with E-state index in [0.29, 0.717) is 25.9 Å². The van der Waals surface area contributed by atoms with Crippen LogP contribution in [0.2, 0.25) is 0 Å². The van der Waals surface area contributed by atoms with E-state index in [4.69, 9.17) is 0 Å². The second kappa shape index (κ2) is 18.7. The van der Waals surface area contributed by atoms with Crippen LogP contribution in [0.15, 0.2) is 24.3 Å². The van der Waals surface area contributed by atoms with Crippen molar-refractivity contribution in [1.29, 1.82) is 0 Å². The Balaban J connectivity index is 3.34. The van der Waals surface area contributed by atoms with E-state index in [1.165, 1.54) is 0 Å². The van der Waals surface area contributed by atoms with Gasteiger partial charge in [-0.15, -0.1) is 0 Å². The molecule has 0 aliphatic carbocycles. The van der Waals surface area contributed by atoms with Crippen molar-refractivity contribution in [2.24, 2.45) is 0 Å². The summed E-state index contributed by atoms with van der Waals surface area (Å²) in [5.41, 5.74) is 0. The molecule has 25 heavy (non-hydrogen) atoms. The Morgan fingerprint density at radius 1 is 0.680 bits per heavy atom. The van der Waals surface area contributed by atoms with Crippen LogP contribution in [0.4, 0.5) is 0 Å². The summed E-state index contributed by atoms with van der Waals surface area (Å²) in [7, 11) is 0. The zero-order chi connectivity index (χ0) is 18.6. The highest BCUT2D eigenvalue weighted by atomic mass is 16.2. The number of nitrogens with one attached hydrogen (secondary N) is 3. The Hall–Kier alpha value is -1.62. The van der Waals surface area contributed by atoms with Gasteiger partial charge in [-0.2, -0.15) is 0 Å². The lowest BCUT2D eigenvalue weighted by Crippen LogP contribution is -2.36. The van der Waals surface area contributed by atoms with Gasteiger partial charge < -0.3 is 16.0 Å². The van der Waals surface area contributed by atoms with Gasteiger partial charge in [0.05, 0.1) is 0 Å². The van der Waals surface area contributed by atoms with Crippen molar-refractivity contribution in [3.05, 3.63) is 24.3 Å².